The van der Waals surface area contributed by atoms with Crippen LogP contribution in [0.5, 0.6) is 0 Å². The fourth-order valence-corrected chi connectivity index (χ4v) is 3.09. The molecule has 1 aliphatic heterocycles. The van der Waals surface area contributed by atoms with Crippen molar-refractivity contribution in [3.8, 4) is 0 Å². The Morgan fingerprint density at radius 3 is 2.65 bits per heavy atom. The number of aliphatic imine (C=N–C) groups is 1. The first kappa shape index (κ1) is 18.8. The fourth-order valence-electron chi connectivity index (χ4n) is 2.87. The van der Waals surface area contributed by atoms with Crippen LogP contribution in [0.4, 0.5) is 13.2 Å². The van der Waals surface area contributed by atoms with Gasteiger partial charge in [0.25, 0.3) is 5.91 Å². The Bertz CT molecular complexity index is 729. The summed E-state index contributed by atoms with van der Waals surface area (Å²) in [6, 6.07) is 6.63. The van der Waals surface area contributed by atoms with Crippen LogP contribution in [0.1, 0.15) is 29.6 Å². The predicted octanol–water partition coefficient (Wildman–Crippen LogP) is 4.03. The van der Waals surface area contributed by atoms with Crippen LogP contribution in [0.25, 0.3) is 0 Å². The van der Waals surface area contributed by atoms with Crippen LogP contribution < -0.4 is 5.32 Å². The molecule has 1 N–H and O–H groups in total. The van der Waals surface area contributed by atoms with Gasteiger partial charge in [0.1, 0.15) is 12.4 Å². The van der Waals surface area contributed by atoms with E-state index in [0.717, 1.165) is 25.3 Å². The third-order valence-corrected chi connectivity index (χ3v) is 4.84. The van der Waals surface area contributed by atoms with Crippen LogP contribution in [0, 0.1) is 5.92 Å². The van der Waals surface area contributed by atoms with Crippen molar-refractivity contribution >= 4 is 23.2 Å². The molecule has 1 heterocycles. The highest BCUT2D eigenvalue weighted by molar-refractivity contribution is 6.33. The van der Waals surface area contributed by atoms with E-state index in [0.29, 0.717) is 23.0 Å². The number of alkyl halides is 3. The van der Waals surface area contributed by atoms with Crippen molar-refractivity contribution in [2.24, 2.45) is 10.9 Å². The number of hydrogen-bond acceptors (Lipinski definition) is 3. The first-order valence-electron chi connectivity index (χ1n) is 8.43. The van der Waals surface area contributed by atoms with Crippen molar-refractivity contribution in [3.05, 3.63) is 47.1 Å². The lowest BCUT2D eigenvalue weighted by atomic mass is 10.1. The Morgan fingerprint density at radius 2 is 2.08 bits per heavy atom. The van der Waals surface area contributed by atoms with Crippen LogP contribution >= 0.6 is 11.6 Å². The molecule has 3 rings (SSSR count). The molecule has 1 unspecified atom stereocenters. The number of carbonyl (C=O) groups excluding carboxylic acids is 1. The zero-order valence-electron chi connectivity index (χ0n) is 14.0. The molecule has 1 atom stereocenters. The maximum Gasteiger partial charge on any atom is 0.433 e. The maximum atomic E-state index is 12.7. The van der Waals surface area contributed by atoms with Crippen molar-refractivity contribution in [1.82, 2.24) is 10.2 Å². The molecular weight excluding hydrogens is 367 g/mol. The van der Waals surface area contributed by atoms with Gasteiger partial charge in [0.05, 0.1) is 10.6 Å². The SMILES string of the molecule is O=C(NCC(CC1CC1)N1C=CC(C(F)(F)F)=NC1)c1ccccc1Cl. The molecule has 1 amide bonds. The molecule has 1 aliphatic carbocycles. The number of halogens is 4. The van der Waals surface area contributed by atoms with Gasteiger partial charge in [0.2, 0.25) is 0 Å². The first-order valence-corrected chi connectivity index (χ1v) is 8.80. The number of nitrogens with one attached hydrogen (secondary N) is 1. The summed E-state index contributed by atoms with van der Waals surface area (Å²) in [6.45, 7) is 0.256. The summed E-state index contributed by atoms with van der Waals surface area (Å²) in [6.07, 6.45) is 1.01. The molecule has 1 saturated carbocycles. The van der Waals surface area contributed by atoms with Crippen molar-refractivity contribution in [2.75, 3.05) is 13.2 Å². The zero-order chi connectivity index (χ0) is 18.7. The van der Waals surface area contributed by atoms with Crippen molar-refractivity contribution in [1.29, 1.82) is 0 Å². The molecule has 0 aromatic heterocycles. The first-order chi connectivity index (χ1) is 12.3. The van der Waals surface area contributed by atoms with Gasteiger partial charge in [0.15, 0.2) is 0 Å². The lowest BCUT2D eigenvalue weighted by Crippen LogP contribution is -2.43. The molecule has 0 bridgehead atoms. The molecule has 1 aromatic rings. The van der Waals surface area contributed by atoms with Gasteiger partial charge in [-0.05, 0) is 30.5 Å². The monoisotopic (exact) mass is 385 g/mol. The lowest BCUT2D eigenvalue weighted by Gasteiger charge is -2.32. The number of hydrogen-bond donors (Lipinski definition) is 1. The van der Waals surface area contributed by atoms with Gasteiger partial charge < -0.3 is 10.2 Å². The fraction of sp³-hybridized carbons (Fsp3) is 0.444. The van der Waals surface area contributed by atoms with Crippen LogP contribution in [0.15, 0.2) is 41.5 Å². The van der Waals surface area contributed by atoms with E-state index in [9.17, 15) is 18.0 Å². The van der Waals surface area contributed by atoms with E-state index >= 15 is 0 Å². The number of allylic oxidation sites excluding steroid dienone is 1. The molecule has 2 aliphatic rings. The average Bonchev–Trinajstić information content (AvgIpc) is 3.42. The smallest absolute Gasteiger partial charge is 0.354 e. The van der Waals surface area contributed by atoms with E-state index in [1.165, 1.54) is 6.20 Å². The van der Waals surface area contributed by atoms with Gasteiger partial charge in [-0.1, -0.05) is 36.6 Å². The molecule has 0 spiro atoms. The molecule has 0 radical (unpaired) electrons. The molecule has 140 valence electrons. The van der Waals surface area contributed by atoms with Crippen molar-refractivity contribution < 1.29 is 18.0 Å². The van der Waals surface area contributed by atoms with Gasteiger partial charge in [0, 0.05) is 18.8 Å². The number of rotatable bonds is 6. The van der Waals surface area contributed by atoms with Crippen LogP contribution in [0.2, 0.25) is 5.02 Å². The van der Waals surface area contributed by atoms with E-state index in [2.05, 4.69) is 10.3 Å². The minimum Gasteiger partial charge on any atom is -0.354 e. The van der Waals surface area contributed by atoms with Crippen LogP contribution in [0.3, 0.4) is 0 Å². The average molecular weight is 386 g/mol. The second kappa shape index (κ2) is 7.70. The van der Waals surface area contributed by atoms with Crippen molar-refractivity contribution in [3.63, 3.8) is 0 Å². The second-order valence-corrected chi connectivity index (χ2v) is 6.94. The lowest BCUT2D eigenvalue weighted by molar-refractivity contribution is -0.0584. The highest BCUT2D eigenvalue weighted by atomic mass is 35.5. The van der Waals surface area contributed by atoms with E-state index in [-0.39, 0.29) is 18.6 Å². The Hall–Kier alpha value is -2.02. The summed E-state index contributed by atoms with van der Waals surface area (Å²) in [5, 5.41) is 3.20. The standard InChI is InChI=1S/C18H19ClF3N3O/c19-15-4-2-1-3-14(15)17(26)23-10-13(9-12-5-6-12)25-8-7-16(24-11-25)18(20,21)22/h1-4,7-8,12-13H,5-6,9-11H2,(H,23,26). The molecule has 4 nitrogen and oxygen atoms in total. The highest BCUT2D eigenvalue weighted by Crippen LogP contribution is 2.35. The Labute approximate surface area is 154 Å². The van der Waals surface area contributed by atoms with Crippen LogP contribution in [-0.2, 0) is 0 Å². The number of benzene rings is 1. The summed E-state index contributed by atoms with van der Waals surface area (Å²) in [4.78, 5) is 17.7. The molecule has 26 heavy (non-hydrogen) atoms. The van der Waals surface area contributed by atoms with Gasteiger partial charge in [-0.25, -0.2) is 0 Å². The second-order valence-electron chi connectivity index (χ2n) is 6.54. The third-order valence-electron chi connectivity index (χ3n) is 4.51. The Morgan fingerprint density at radius 1 is 1.35 bits per heavy atom. The summed E-state index contributed by atoms with van der Waals surface area (Å²) >= 11 is 6.03. The molecule has 1 aromatic carbocycles. The van der Waals surface area contributed by atoms with Gasteiger partial charge in [-0.2, -0.15) is 13.2 Å². The Kier molecular flexibility index (Phi) is 5.55. The summed E-state index contributed by atoms with van der Waals surface area (Å²) in [7, 11) is 0. The summed E-state index contributed by atoms with van der Waals surface area (Å²) < 4.78 is 38.1. The van der Waals surface area contributed by atoms with E-state index in [4.69, 9.17) is 11.6 Å². The minimum absolute atomic E-state index is 0.0648. The third kappa shape index (κ3) is 4.78. The minimum atomic E-state index is -4.44. The molecular formula is C18H19ClF3N3O. The quantitative estimate of drug-likeness (QED) is 0.803. The van der Waals surface area contributed by atoms with Crippen molar-refractivity contribution in [2.45, 2.75) is 31.5 Å². The highest BCUT2D eigenvalue weighted by Gasteiger charge is 2.36. The number of nitrogens with zero attached hydrogens (tertiary/aromatic N) is 2. The molecule has 1 fully saturated rings. The Balaban J connectivity index is 1.62. The normalized spacial score (nSPS) is 18.5. The van der Waals surface area contributed by atoms with Crippen LogP contribution in [-0.4, -0.2) is 42.0 Å². The van der Waals surface area contributed by atoms with E-state index in [1.807, 2.05) is 0 Å². The number of carbonyl (C=O) groups is 1. The van der Waals surface area contributed by atoms with E-state index < -0.39 is 11.9 Å². The van der Waals surface area contributed by atoms with E-state index in [1.54, 1.807) is 29.2 Å². The zero-order valence-corrected chi connectivity index (χ0v) is 14.7. The largest absolute Gasteiger partial charge is 0.433 e. The summed E-state index contributed by atoms with van der Waals surface area (Å²) in [5.41, 5.74) is -0.495. The van der Waals surface area contributed by atoms with Gasteiger partial charge in [-0.15, -0.1) is 0 Å². The van der Waals surface area contributed by atoms with Gasteiger partial charge in [-0.3, -0.25) is 9.79 Å². The molecule has 8 heteroatoms. The maximum absolute atomic E-state index is 12.7. The molecule has 0 saturated heterocycles. The topological polar surface area (TPSA) is 44.7 Å². The summed E-state index contributed by atoms with van der Waals surface area (Å²) in [5.74, 6) is 0.260. The predicted molar refractivity (Wildman–Crippen MR) is 94.3 cm³/mol. The van der Waals surface area contributed by atoms with Gasteiger partial charge >= 0.3 is 6.18 Å². The number of amides is 1.